The first-order valence-corrected chi connectivity index (χ1v) is 7.71. The Morgan fingerprint density at radius 2 is 2.05 bits per heavy atom. The van der Waals surface area contributed by atoms with E-state index in [9.17, 15) is 0 Å². The van der Waals surface area contributed by atoms with Gasteiger partial charge < -0.3 is 9.88 Å². The first-order chi connectivity index (χ1) is 10.3. The van der Waals surface area contributed by atoms with Gasteiger partial charge in [-0.25, -0.2) is 0 Å². The van der Waals surface area contributed by atoms with Gasteiger partial charge in [0.05, 0.1) is 12.6 Å². The molecule has 1 aliphatic heterocycles. The van der Waals surface area contributed by atoms with E-state index in [0.29, 0.717) is 6.04 Å². The van der Waals surface area contributed by atoms with Crippen molar-refractivity contribution in [3.63, 3.8) is 0 Å². The van der Waals surface area contributed by atoms with Gasteiger partial charge in [0.15, 0.2) is 0 Å². The van der Waals surface area contributed by atoms with Gasteiger partial charge in [0.2, 0.25) is 0 Å². The van der Waals surface area contributed by atoms with Crippen molar-refractivity contribution in [3.05, 3.63) is 48.0 Å². The SMILES string of the molecule is CC(c1nncn1Cc1ccccc1)N1CCCNCC1. The molecule has 21 heavy (non-hydrogen) atoms. The zero-order valence-electron chi connectivity index (χ0n) is 12.6. The molecule has 2 aromatic rings. The third-order valence-electron chi connectivity index (χ3n) is 4.14. The molecule has 1 fully saturated rings. The molecule has 5 nitrogen and oxygen atoms in total. The van der Waals surface area contributed by atoms with Crippen molar-refractivity contribution < 1.29 is 0 Å². The summed E-state index contributed by atoms with van der Waals surface area (Å²) >= 11 is 0. The molecule has 3 rings (SSSR count). The molecule has 0 spiro atoms. The van der Waals surface area contributed by atoms with Crippen LogP contribution < -0.4 is 5.32 Å². The summed E-state index contributed by atoms with van der Waals surface area (Å²) in [5.41, 5.74) is 1.28. The number of nitrogens with zero attached hydrogens (tertiary/aromatic N) is 4. The maximum Gasteiger partial charge on any atom is 0.150 e. The maximum atomic E-state index is 4.37. The fourth-order valence-electron chi connectivity index (χ4n) is 2.91. The van der Waals surface area contributed by atoms with Crippen LogP contribution in [-0.2, 0) is 6.54 Å². The fourth-order valence-corrected chi connectivity index (χ4v) is 2.91. The number of hydrogen-bond acceptors (Lipinski definition) is 4. The molecule has 1 aromatic carbocycles. The highest BCUT2D eigenvalue weighted by Crippen LogP contribution is 2.19. The second kappa shape index (κ2) is 6.83. The average Bonchev–Trinajstić information content (AvgIpc) is 2.80. The van der Waals surface area contributed by atoms with Crippen LogP contribution in [-0.4, -0.2) is 45.8 Å². The predicted octanol–water partition coefficient (Wildman–Crippen LogP) is 1.68. The second-order valence-corrected chi connectivity index (χ2v) is 5.62. The Morgan fingerprint density at radius 1 is 1.19 bits per heavy atom. The van der Waals surface area contributed by atoms with E-state index in [0.717, 1.165) is 38.5 Å². The molecule has 5 heteroatoms. The molecule has 0 bridgehead atoms. The van der Waals surface area contributed by atoms with Crippen molar-refractivity contribution in [3.8, 4) is 0 Å². The van der Waals surface area contributed by atoms with Crippen molar-refractivity contribution in [1.82, 2.24) is 25.0 Å². The van der Waals surface area contributed by atoms with Gasteiger partial charge >= 0.3 is 0 Å². The Morgan fingerprint density at radius 3 is 2.90 bits per heavy atom. The summed E-state index contributed by atoms with van der Waals surface area (Å²) in [4.78, 5) is 2.49. The Labute approximate surface area is 126 Å². The number of nitrogens with one attached hydrogen (secondary N) is 1. The molecule has 0 aliphatic carbocycles. The van der Waals surface area contributed by atoms with Gasteiger partial charge in [-0.15, -0.1) is 10.2 Å². The minimum absolute atomic E-state index is 0.302. The molecular weight excluding hydrogens is 262 g/mol. The van der Waals surface area contributed by atoms with Crippen molar-refractivity contribution in [2.24, 2.45) is 0 Å². The molecular formula is C16H23N5. The van der Waals surface area contributed by atoms with Crippen molar-refractivity contribution in [2.75, 3.05) is 26.2 Å². The minimum Gasteiger partial charge on any atom is -0.315 e. The highest BCUT2D eigenvalue weighted by Gasteiger charge is 2.21. The van der Waals surface area contributed by atoms with E-state index in [-0.39, 0.29) is 0 Å². The Hall–Kier alpha value is -1.72. The van der Waals surface area contributed by atoms with Gasteiger partial charge in [0.1, 0.15) is 12.2 Å². The van der Waals surface area contributed by atoms with E-state index < -0.39 is 0 Å². The average molecular weight is 285 g/mol. The maximum absolute atomic E-state index is 4.37. The monoisotopic (exact) mass is 285 g/mol. The van der Waals surface area contributed by atoms with Gasteiger partial charge in [-0.3, -0.25) is 4.90 Å². The van der Waals surface area contributed by atoms with Gasteiger partial charge in [0.25, 0.3) is 0 Å². The fraction of sp³-hybridized carbons (Fsp3) is 0.500. The smallest absolute Gasteiger partial charge is 0.150 e. The number of benzene rings is 1. The lowest BCUT2D eigenvalue weighted by Gasteiger charge is -2.26. The van der Waals surface area contributed by atoms with E-state index >= 15 is 0 Å². The van der Waals surface area contributed by atoms with E-state index in [1.165, 1.54) is 12.0 Å². The summed E-state index contributed by atoms with van der Waals surface area (Å²) in [5.74, 6) is 1.06. The molecule has 1 aliphatic rings. The Bertz CT molecular complexity index is 543. The summed E-state index contributed by atoms with van der Waals surface area (Å²) in [6.07, 6.45) is 3.03. The minimum atomic E-state index is 0.302. The number of aromatic nitrogens is 3. The van der Waals surface area contributed by atoms with Gasteiger partial charge in [0, 0.05) is 19.6 Å². The molecule has 2 heterocycles. The van der Waals surface area contributed by atoms with Gasteiger partial charge in [-0.1, -0.05) is 30.3 Å². The summed E-state index contributed by atoms with van der Waals surface area (Å²) in [7, 11) is 0. The van der Waals surface area contributed by atoms with Crippen LogP contribution in [0.2, 0.25) is 0 Å². The summed E-state index contributed by atoms with van der Waals surface area (Å²) in [5, 5.41) is 11.9. The van der Waals surface area contributed by atoms with Crippen LogP contribution in [0.5, 0.6) is 0 Å². The number of rotatable bonds is 4. The van der Waals surface area contributed by atoms with Crippen molar-refractivity contribution in [1.29, 1.82) is 0 Å². The normalized spacial score (nSPS) is 18.3. The van der Waals surface area contributed by atoms with E-state index in [4.69, 9.17) is 0 Å². The lowest BCUT2D eigenvalue weighted by molar-refractivity contribution is 0.213. The summed E-state index contributed by atoms with van der Waals surface area (Å²) in [6, 6.07) is 10.8. The highest BCUT2D eigenvalue weighted by atomic mass is 15.3. The third-order valence-corrected chi connectivity index (χ3v) is 4.14. The highest BCUT2D eigenvalue weighted by molar-refractivity contribution is 5.15. The van der Waals surface area contributed by atoms with Crippen LogP contribution in [0.4, 0.5) is 0 Å². The molecule has 112 valence electrons. The molecule has 1 unspecified atom stereocenters. The van der Waals surface area contributed by atoms with Crippen molar-refractivity contribution >= 4 is 0 Å². The standard InChI is InChI=1S/C16H23N5/c1-14(20-10-5-8-17-9-11-20)16-19-18-13-21(16)12-15-6-3-2-4-7-15/h2-4,6-7,13-14,17H,5,8-12H2,1H3. The Kier molecular flexibility index (Phi) is 4.62. The van der Waals surface area contributed by atoms with E-state index in [1.54, 1.807) is 0 Å². The zero-order chi connectivity index (χ0) is 14.5. The second-order valence-electron chi connectivity index (χ2n) is 5.62. The molecule has 0 amide bonds. The molecule has 0 saturated carbocycles. The van der Waals surface area contributed by atoms with Crippen LogP contribution in [0.3, 0.4) is 0 Å². The van der Waals surface area contributed by atoms with Crippen LogP contribution in [0.1, 0.15) is 30.8 Å². The lowest BCUT2D eigenvalue weighted by atomic mass is 10.2. The molecule has 0 radical (unpaired) electrons. The summed E-state index contributed by atoms with van der Waals surface area (Å²) < 4.78 is 2.16. The molecule has 1 atom stereocenters. The summed E-state index contributed by atoms with van der Waals surface area (Å²) in [6.45, 7) is 7.42. The molecule has 1 N–H and O–H groups in total. The first-order valence-electron chi connectivity index (χ1n) is 7.71. The van der Waals surface area contributed by atoms with Crippen molar-refractivity contribution in [2.45, 2.75) is 25.9 Å². The lowest BCUT2D eigenvalue weighted by Crippen LogP contribution is -2.32. The first kappa shape index (κ1) is 14.2. The van der Waals surface area contributed by atoms with Crippen LogP contribution in [0.25, 0.3) is 0 Å². The number of hydrogen-bond donors (Lipinski definition) is 1. The van der Waals surface area contributed by atoms with Gasteiger partial charge in [-0.05, 0) is 25.5 Å². The molecule has 1 aromatic heterocycles. The predicted molar refractivity (Wildman–Crippen MR) is 83.0 cm³/mol. The van der Waals surface area contributed by atoms with Gasteiger partial charge in [-0.2, -0.15) is 0 Å². The third kappa shape index (κ3) is 3.49. The molecule has 1 saturated heterocycles. The van der Waals surface area contributed by atoms with Crippen LogP contribution in [0, 0.1) is 0 Å². The topological polar surface area (TPSA) is 46.0 Å². The largest absolute Gasteiger partial charge is 0.315 e. The van der Waals surface area contributed by atoms with E-state index in [1.807, 2.05) is 12.4 Å². The van der Waals surface area contributed by atoms with E-state index in [2.05, 4.69) is 56.2 Å². The quantitative estimate of drug-likeness (QED) is 0.928. The van der Waals surface area contributed by atoms with Crippen LogP contribution in [0.15, 0.2) is 36.7 Å². The van der Waals surface area contributed by atoms with Crippen LogP contribution >= 0.6 is 0 Å². The Balaban J connectivity index is 1.74. The zero-order valence-corrected chi connectivity index (χ0v) is 12.6.